The molecule has 4 heterocycles. The molecule has 1 atom stereocenters. The summed E-state index contributed by atoms with van der Waals surface area (Å²) < 4.78 is 17.9. The minimum absolute atomic E-state index is 0.104. The Bertz CT molecular complexity index is 1500. The van der Waals surface area contributed by atoms with Gasteiger partial charge in [-0.05, 0) is 47.5 Å². The van der Waals surface area contributed by atoms with Crippen LogP contribution in [-0.2, 0) is 29.0 Å². The number of ether oxygens (including phenoxy) is 3. The number of benzene rings is 2. The molecule has 2 aliphatic heterocycles. The quantitative estimate of drug-likeness (QED) is 0.325. The Hall–Kier alpha value is -4.14. The Morgan fingerprint density at radius 1 is 1.13 bits per heavy atom. The fraction of sp³-hybridized carbons (Fsp3) is 0.267. The van der Waals surface area contributed by atoms with Gasteiger partial charge in [-0.1, -0.05) is 18.2 Å². The van der Waals surface area contributed by atoms with Gasteiger partial charge in [-0.25, -0.2) is 0 Å². The lowest BCUT2D eigenvalue weighted by molar-refractivity contribution is 0.0384. The zero-order valence-electron chi connectivity index (χ0n) is 21.3. The van der Waals surface area contributed by atoms with Crippen LogP contribution in [0.5, 0.6) is 11.5 Å². The molecule has 0 amide bonds. The van der Waals surface area contributed by atoms with Crippen molar-refractivity contribution in [2.45, 2.75) is 25.7 Å². The van der Waals surface area contributed by atoms with Crippen molar-refractivity contribution in [2.75, 3.05) is 37.0 Å². The molecule has 0 saturated carbocycles. The molecule has 2 aromatic carbocycles. The minimum Gasteiger partial charge on any atom is -0.456 e. The van der Waals surface area contributed by atoms with Gasteiger partial charge in [-0.3, -0.25) is 9.78 Å². The van der Waals surface area contributed by atoms with Gasteiger partial charge in [0.15, 0.2) is 0 Å². The average molecular weight is 511 g/mol. The number of morpholine rings is 1. The van der Waals surface area contributed by atoms with Gasteiger partial charge < -0.3 is 29.4 Å². The van der Waals surface area contributed by atoms with Crippen LogP contribution in [0, 0.1) is 0 Å². The molecule has 1 unspecified atom stereocenters. The number of para-hydroxylation sites is 1. The number of rotatable bonds is 7. The van der Waals surface area contributed by atoms with Crippen LogP contribution in [-0.4, -0.2) is 36.8 Å². The molecule has 6 rings (SSSR count). The highest BCUT2D eigenvalue weighted by Crippen LogP contribution is 2.43. The van der Waals surface area contributed by atoms with E-state index in [2.05, 4.69) is 56.6 Å². The predicted molar refractivity (Wildman–Crippen MR) is 146 cm³/mol. The second kappa shape index (κ2) is 10.7. The fourth-order valence-corrected chi connectivity index (χ4v) is 5.14. The Labute approximate surface area is 221 Å². The van der Waals surface area contributed by atoms with Crippen molar-refractivity contribution < 1.29 is 14.2 Å². The number of methoxy groups -OCH3 is 1. The van der Waals surface area contributed by atoms with E-state index < -0.39 is 0 Å². The van der Waals surface area contributed by atoms with E-state index in [4.69, 9.17) is 14.2 Å². The number of pyridine rings is 2. The highest BCUT2D eigenvalue weighted by Gasteiger charge is 2.28. The Morgan fingerprint density at radius 3 is 2.97 bits per heavy atom. The summed E-state index contributed by atoms with van der Waals surface area (Å²) >= 11 is 0. The number of nitrogens with one attached hydrogen (secondary N) is 2. The minimum atomic E-state index is -0.149. The molecule has 2 aliphatic rings. The summed E-state index contributed by atoms with van der Waals surface area (Å²) in [5.41, 5.74) is 7.23. The summed E-state index contributed by atoms with van der Waals surface area (Å²) in [4.78, 5) is 21.0. The molecule has 0 spiro atoms. The van der Waals surface area contributed by atoms with Crippen LogP contribution in [0.3, 0.4) is 0 Å². The lowest BCUT2D eigenvalue weighted by atomic mass is 9.95. The highest BCUT2D eigenvalue weighted by atomic mass is 16.5. The lowest BCUT2D eigenvalue weighted by Gasteiger charge is -2.36. The van der Waals surface area contributed by atoms with Crippen LogP contribution in [0.4, 0.5) is 11.4 Å². The number of anilines is 2. The zero-order chi connectivity index (χ0) is 25.9. The van der Waals surface area contributed by atoms with Crippen molar-refractivity contribution in [2.24, 2.45) is 0 Å². The maximum atomic E-state index is 11.8. The van der Waals surface area contributed by atoms with Gasteiger partial charge in [-0.2, -0.15) is 0 Å². The number of nitrogens with zero attached hydrogens (tertiary/aromatic N) is 2. The normalized spacial score (nSPS) is 16.3. The van der Waals surface area contributed by atoms with Crippen LogP contribution in [0.25, 0.3) is 0 Å². The van der Waals surface area contributed by atoms with Crippen LogP contribution >= 0.6 is 0 Å². The number of hydrogen-bond acceptors (Lipinski definition) is 7. The highest BCUT2D eigenvalue weighted by molar-refractivity contribution is 5.59. The average Bonchev–Trinajstić information content (AvgIpc) is 2.95. The van der Waals surface area contributed by atoms with Crippen molar-refractivity contribution >= 4 is 11.4 Å². The molecule has 194 valence electrons. The van der Waals surface area contributed by atoms with Crippen LogP contribution < -0.4 is 20.5 Å². The van der Waals surface area contributed by atoms with Gasteiger partial charge in [0, 0.05) is 74.1 Å². The summed E-state index contributed by atoms with van der Waals surface area (Å²) in [5, 5.41) is 3.52. The van der Waals surface area contributed by atoms with E-state index in [1.54, 1.807) is 19.4 Å². The van der Waals surface area contributed by atoms with Gasteiger partial charge in [0.25, 0.3) is 0 Å². The van der Waals surface area contributed by atoms with E-state index in [1.165, 1.54) is 0 Å². The number of aromatic amines is 1. The second-order valence-electron chi connectivity index (χ2n) is 9.60. The number of fused-ring (bicyclic) bond motifs is 2. The first-order valence-electron chi connectivity index (χ1n) is 12.8. The van der Waals surface area contributed by atoms with Crippen LogP contribution in [0.1, 0.15) is 34.1 Å². The van der Waals surface area contributed by atoms with Crippen molar-refractivity contribution in [3.8, 4) is 11.5 Å². The number of aromatic nitrogens is 2. The predicted octanol–water partition coefficient (Wildman–Crippen LogP) is 4.80. The molecule has 1 fully saturated rings. The topological polar surface area (TPSA) is 88.7 Å². The smallest absolute Gasteiger partial charge is 0.249 e. The van der Waals surface area contributed by atoms with Gasteiger partial charge in [-0.15, -0.1) is 0 Å². The molecule has 0 radical (unpaired) electrons. The standard InChI is InChI=1S/C30H30N4O4/c1-36-19-24-13-20(7-9-31-24)17-33-23-5-6-27-22(15-23)14-21-3-2-4-26(30(21)38-27)28-18-34(11-12-37-28)25-8-10-32-29(35)16-25/h2-10,13,15-16,28,33H,11-12,14,17-19H2,1H3,(H,32,35). The zero-order valence-corrected chi connectivity index (χ0v) is 21.3. The maximum Gasteiger partial charge on any atom is 0.249 e. The summed E-state index contributed by atoms with van der Waals surface area (Å²) in [5.74, 6) is 1.74. The Kier molecular flexibility index (Phi) is 6.81. The largest absolute Gasteiger partial charge is 0.456 e. The molecule has 38 heavy (non-hydrogen) atoms. The van der Waals surface area contributed by atoms with E-state index in [9.17, 15) is 4.79 Å². The summed E-state index contributed by atoms with van der Waals surface area (Å²) in [6.45, 7) is 3.17. The fourth-order valence-electron chi connectivity index (χ4n) is 5.14. The van der Waals surface area contributed by atoms with Crippen molar-refractivity contribution in [3.05, 3.63) is 111 Å². The molecule has 4 aromatic rings. The van der Waals surface area contributed by atoms with Crippen LogP contribution in [0.15, 0.2) is 77.9 Å². The summed E-state index contributed by atoms with van der Waals surface area (Å²) in [6.07, 6.45) is 4.14. The molecule has 2 aromatic heterocycles. The van der Waals surface area contributed by atoms with E-state index in [0.717, 1.165) is 63.8 Å². The Balaban J connectivity index is 1.18. The first kappa shape index (κ1) is 24.2. The first-order valence-corrected chi connectivity index (χ1v) is 12.8. The molecule has 0 bridgehead atoms. The Morgan fingerprint density at radius 2 is 2.08 bits per heavy atom. The third-order valence-electron chi connectivity index (χ3n) is 6.99. The van der Waals surface area contributed by atoms with Gasteiger partial charge in [0.2, 0.25) is 5.56 Å². The molecule has 0 aliphatic carbocycles. The number of H-pyrrole nitrogens is 1. The SMILES string of the molecule is COCc1cc(CNc2ccc3c(c2)Cc2cccc(C4CN(c5cc[nH]c(=O)c5)CCO4)c2O3)ccn1. The van der Waals surface area contributed by atoms with Gasteiger partial charge >= 0.3 is 0 Å². The van der Waals surface area contributed by atoms with E-state index >= 15 is 0 Å². The van der Waals surface area contributed by atoms with Gasteiger partial charge in [0.05, 0.1) is 18.9 Å². The molecule has 8 nitrogen and oxygen atoms in total. The van der Waals surface area contributed by atoms with E-state index in [0.29, 0.717) is 26.3 Å². The van der Waals surface area contributed by atoms with E-state index in [1.807, 2.05) is 24.4 Å². The van der Waals surface area contributed by atoms with E-state index in [-0.39, 0.29) is 11.7 Å². The van der Waals surface area contributed by atoms with Gasteiger partial charge in [0.1, 0.15) is 17.6 Å². The summed E-state index contributed by atoms with van der Waals surface area (Å²) in [7, 11) is 1.67. The third kappa shape index (κ3) is 5.14. The maximum absolute atomic E-state index is 11.8. The summed E-state index contributed by atoms with van der Waals surface area (Å²) in [6, 6.07) is 20.1. The molecule has 8 heteroatoms. The first-order chi connectivity index (χ1) is 18.7. The second-order valence-corrected chi connectivity index (χ2v) is 9.60. The lowest BCUT2D eigenvalue weighted by Crippen LogP contribution is -2.39. The van der Waals surface area contributed by atoms with Crippen molar-refractivity contribution in [3.63, 3.8) is 0 Å². The van der Waals surface area contributed by atoms with Crippen molar-refractivity contribution in [1.29, 1.82) is 0 Å². The molecule has 2 N–H and O–H groups in total. The third-order valence-corrected chi connectivity index (χ3v) is 6.99. The van der Waals surface area contributed by atoms with Crippen molar-refractivity contribution in [1.82, 2.24) is 9.97 Å². The molecule has 1 saturated heterocycles. The van der Waals surface area contributed by atoms with Crippen LogP contribution in [0.2, 0.25) is 0 Å². The molecular weight excluding hydrogens is 480 g/mol. The monoisotopic (exact) mass is 510 g/mol. The molecular formula is C30H30N4O4. The number of hydrogen-bond donors (Lipinski definition) is 2.